The van der Waals surface area contributed by atoms with Gasteiger partial charge in [-0.1, -0.05) is 52.3 Å². The van der Waals surface area contributed by atoms with Crippen LogP contribution in [0.1, 0.15) is 29.5 Å². The van der Waals surface area contributed by atoms with Crippen LogP contribution in [0, 0.1) is 13.8 Å². The van der Waals surface area contributed by atoms with E-state index in [9.17, 15) is 16.8 Å². The molecular weight excluding hydrogens is 508 g/mol. The summed E-state index contributed by atoms with van der Waals surface area (Å²) in [6.07, 6.45) is 4.50. The molecule has 0 fully saturated rings. The lowest BCUT2D eigenvalue weighted by Gasteiger charge is -2.08. The third-order valence-electron chi connectivity index (χ3n) is 4.97. The van der Waals surface area contributed by atoms with Crippen molar-refractivity contribution in [2.75, 3.05) is 5.75 Å². The van der Waals surface area contributed by atoms with Gasteiger partial charge in [0, 0.05) is 29.0 Å². The average Bonchev–Trinajstić information content (AvgIpc) is 2.81. The number of aryl methyl sites for hydroxylation is 3. The van der Waals surface area contributed by atoms with Crippen molar-refractivity contribution in [1.82, 2.24) is 0 Å². The molecule has 11 heteroatoms. The smallest absolute Gasteiger partial charge is 0.286 e. The molecule has 0 saturated carbocycles. The Hall–Kier alpha value is -2.73. The summed E-state index contributed by atoms with van der Waals surface area (Å²) in [5.41, 5.74) is 2.68. The molecule has 3 aromatic rings. The van der Waals surface area contributed by atoms with Crippen LogP contribution in [-0.4, -0.2) is 32.2 Å². The molecule has 2 aromatic carbocycles. The molecule has 0 amide bonds. The molecule has 0 atom stereocenters. The summed E-state index contributed by atoms with van der Waals surface area (Å²) in [6.45, 7) is 4.40. The second kappa shape index (κ2) is 11.8. The van der Waals surface area contributed by atoms with E-state index in [1.807, 2.05) is 42.7 Å². The molecule has 0 saturated heterocycles. The molecule has 0 aliphatic carbocycles. The van der Waals surface area contributed by atoms with Crippen LogP contribution in [0.25, 0.3) is 0 Å². The van der Waals surface area contributed by atoms with E-state index in [0.717, 1.165) is 16.0 Å². The highest BCUT2D eigenvalue weighted by Gasteiger charge is 2.18. The summed E-state index contributed by atoms with van der Waals surface area (Å²) in [7, 11) is -8.05. The van der Waals surface area contributed by atoms with Gasteiger partial charge < -0.3 is 0 Å². The van der Waals surface area contributed by atoms with Crippen LogP contribution >= 0.6 is 11.8 Å². The molecule has 3 rings (SSSR count). The van der Waals surface area contributed by atoms with Crippen LogP contribution in [0.3, 0.4) is 0 Å². The van der Waals surface area contributed by atoms with Gasteiger partial charge in [0.1, 0.15) is 16.5 Å². The van der Waals surface area contributed by atoms with E-state index in [2.05, 4.69) is 5.16 Å². The minimum atomic E-state index is -4.09. The number of benzene rings is 2. The van der Waals surface area contributed by atoms with E-state index >= 15 is 0 Å². The van der Waals surface area contributed by atoms with E-state index < -0.39 is 20.2 Å². The standard InChI is InChI=1S/C24H26N2O6S3/c1-19-5-9-22(10-6-19)33-24(25-32-35(30,31)23-11-7-20(2)8-12-23)21-13-16-26(17-14-21)15-3-4-18-34(27,28)29/h5-14,16-17H,3-4,15,18H2,1-2H3/p+1/b25-24-. The number of hydrogen-bond donors (Lipinski definition) is 1. The van der Waals surface area contributed by atoms with E-state index in [-0.39, 0.29) is 10.6 Å². The number of nitrogens with zero attached hydrogens (tertiary/aromatic N) is 2. The van der Waals surface area contributed by atoms with Gasteiger partial charge in [0.25, 0.3) is 10.1 Å². The molecule has 0 aliphatic rings. The topological polar surface area (TPSA) is 114 Å². The van der Waals surface area contributed by atoms with E-state index in [4.69, 9.17) is 8.84 Å². The lowest BCUT2D eigenvalue weighted by Crippen LogP contribution is -2.33. The normalized spacial score (nSPS) is 12.5. The monoisotopic (exact) mass is 535 g/mol. The van der Waals surface area contributed by atoms with Gasteiger partial charge >= 0.3 is 10.1 Å². The predicted octanol–water partition coefficient (Wildman–Crippen LogP) is 4.12. The number of pyridine rings is 1. The van der Waals surface area contributed by atoms with Gasteiger partial charge in [0.15, 0.2) is 12.4 Å². The van der Waals surface area contributed by atoms with Crippen molar-refractivity contribution in [1.29, 1.82) is 0 Å². The summed E-state index contributed by atoms with van der Waals surface area (Å²) < 4.78 is 62.7. The van der Waals surface area contributed by atoms with Crippen molar-refractivity contribution < 1.29 is 30.2 Å². The van der Waals surface area contributed by atoms with Crippen molar-refractivity contribution in [2.45, 2.75) is 43.0 Å². The Morgan fingerprint density at radius 2 is 1.46 bits per heavy atom. The Morgan fingerprint density at radius 1 is 0.886 bits per heavy atom. The van der Waals surface area contributed by atoms with Crippen molar-refractivity contribution in [3.8, 4) is 0 Å². The zero-order valence-electron chi connectivity index (χ0n) is 19.4. The lowest BCUT2D eigenvalue weighted by atomic mass is 10.2. The maximum Gasteiger partial charge on any atom is 0.358 e. The fraction of sp³-hybridized carbons (Fsp3) is 0.250. The zero-order chi connectivity index (χ0) is 25.5. The Morgan fingerprint density at radius 3 is 2.03 bits per heavy atom. The van der Waals surface area contributed by atoms with Crippen LogP contribution in [0.2, 0.25) is 0 Å². The molecule has 1 heterocycles. The van der Waals surface area contributed by atoms with E-state index in [1.54, 1.807) is 36.7 Å². The number of thioether (sulfide) groups is 1. The van der Waals surface area contributed by atoms with Crippen LogP contribution < -0.4 is 4.57 Å². The molecule has 0 spiro atoms. The fourth-order valence-corrected chi connectivity index (χ4v) is 5.18. The number of oxime groups is 1. The van der Waals surface area contributed by atoms with Crippen LogP contribution in [0.15, 0.2) is 88.0 Å². The van der Waals surface area contributed by atoms with Crippen LogP contribution in [0.4, 0.5) is 0 Å². The van der Waals surface area contributed by atoms with E-state index in [1.165, 1.54) is 23.9 Å². The molecule has 0 aliphatic heterocycles. The number of aromatic nitrogens is 1. The lowest BCUT2D eigenvalue weighted by molar-refractivity contribution is -0.697. The molecule has 8 nitrogen and oxygen atoms in total. The summed E-state index contributed by atoms with van der Waals surface area (Å²) in [6, 6.07) is 17.6. The highest BCUT2D eigenvalue weighted by atomic mass is 32.2. The third-order valence-corrected chi connectivity index (χ3v) is 7.91. The zero-order valence-corrected chi connectivity index (χ0v) is 21.8. The first-order chi connectivity index (χ1) is 16.5. The molecule has 1 aromatic heterocycles. The van der Waals surface area contributed by atoms with Gasteiger partial charge in [-0.25, -0.2) is 4.57 Å². The van der Waals surface area contributed by atoms with Crippen molar-refractivity contribution in [3.05, 3.63) is 89.7 Å². The largest absolute Gasteiger partial charge is 0.358 e. The maximum atomic E-state index is 12.6. The summed E-state index contributed by atoms with van der Waals surface area (Å²) in [5.74, 6) is -0.275. The average molecular weight is 536 g/mol. The minimum Gasteiger partial charge on any atom is -0.286 e. The Bertz CT molecular complexity index is 1370. The molecule has 0 bridgehead atoms. The highest BCUT2D eigenvalue weighted by Crippen LogP contribution is 2.25. The second-order valence-electron chi connectivity index (χ2n) is 7.97. The first kappa shape index (κ1) is 26.9. The number of rotatable bonds is 10. The first-order valence-electron chi connectivity index (χ1n) is 10.8. The van der Waals surface area contributed by atoms with Gasteiger partial charge in [0.05, 0.1) is 5.75 Å². The Labute approximate surface area is 210 Å². The molecule has 186 valence electrons. The third kappa shape index (κ3) is 8.77. The summed E-state index contributed by atoms with van der Waals surface area (Å²) in [5, 5.41) is 4.37. The van der Waals surface area contributed by atoms with Crippen LogP contribution in [-0.2, 0) is 31.1 Å². The summed E-state index contributed by atoms with van der Waals surface area (Å²) in [4.78, 5) is 0.884. The van der Waals surface area contributed by atoms with Gasteiger partial charge in [-0.2, -0.15) is 16.8 Å². The highest BCUT2D eigenvalue weighted by molar-refractivity contribution is 8.14. The van der Waals surface area contributed by atoms with Gasteiger partial charge in [0.2, 0.25) is 0 Å². The number of hydrogen-bond acceptors (Lipinski definition) is 7. The van der Waals surface area contributed by atoms with E-state index in [0.29, 0.717) is 30.0 Å². The molecule has 35 heavy (non-hydrogen) atoms. The van der Waals surface area contributed by atoms with Crippen molar-refractivity contribution >= 4 is 37.0 Å². The van der Waals surface area contributed by atoms with Gasteiger partial charge in [-0.3, -0.25) is 8.84 Å². The molecular formula is C24H27N2O6S3+. The molecule has 0 unspecified atom stereocenters. The number of unbranched alkanes of at least 4 members (excludes halogenated alkanes) is 1. The van der Waals surface area contributed by atoms with Crippen LogP contribution in [0.5, 0.6) is 0 Å². The molecule has 1 N–H and O–H groups in total. The first-order valence-corrected chi connectivity index (χ1v) is 14.6. The maximum absolute atomic E-state index is 12.6. The van der Waals surface area contributed by atoms with Gasteiger partial charge in [-0.05, 0) is 44.5 Å². The molecule has 0 radical (unpaired) electrons. The van der Waals surface area contributed by atoms with Gasteiger partial charge in [-0.15, -0.1) is 0 Å². The quantitative estimate of drug-likeness (QED) is 0.0790. The van der Waals surface area contributed by atoms with Crippen molar-refractivity contribution in [3.63, 3.8) is 0 Å². The Kier molecular flexibility index (Phi) is 9.06. The SMILES string of the molecule is Cc1ccc(S/C(=N\OS(=O)(=O)c2ccc(C)cc2)c2cc[n+](CCCCS(=O)(=O)O)cc2)cc1. The summed E-state index contributed by atoms with van der Waals surface area (Å²) >= 11 is 1.28. The Balaban J connectivity index is 1.80. The van der Waals surface area contributed by atoms with Crippen molar-refractivity contribution in [2.24, 2.45) is 5.16 Å². The fourth-order valence-electron chi connectivity index (χ4n) is 3.01. The minimum absolute atomic E-state index is 0.0160. The second-order valence-corrected chi connectivity index (χ2v) is 12.1. The predicted molar refractivity (Wildman–Crippen MR) is 135 cm³/mol.